The van der Waals surface area contributed by atoms with Crippen LogP contribution >= 0.6 is 0 Å². The Balaban J connectivity index is 2.61. The smallest absolute Gasteiger partial charge is 0.0621 e. The molecule has 0 bridgehead atoms. The molecule has 2 rings (SSSR count). The molecule has 1 heterocycles. The van der Waals surface area contributed by atoms with E-state index >= 15 is 0 Å². The van der Waals surface area contributed by atoms with Gasteiger partial charge < -0.3 is 9.88 Å². The molecule has 0 aliphatic heterocycles. The summed E-state index contributed by atoms with van der Waals surface area (Å²) in [5.74, 6) is 0. The zero-order valence-electron chi connectivity index (χ0n) is 8.96. The van der Waals surface area contributed by atoms with Crippen LogP contribution < -0.4 is 4.90 Å². The molecule has 0 saturated carbocycles. The topological polar surface area (TPSA) is 19.0 Å². The van der Waals surface area contributed by atoms with Crippen LogP contribution in [0, 0.1) is 6.92 Å². The standard InChI is InChI=1S/C12H16N2/c1-4-14(3)12-8-13-11-6-5-9(2)7-10(11)12/h5-8,13H,4H2,1-3H3. The quantitative estimate of drug-likeness (QED) is 0.767. The summed E-state index contributed by atoms with van der Waals surface area (Å²) >= 11 is 0. The highest BCUT2D eigenvalue weighted by Crippen LogP contribution is 2.26. The predicted molar refractivity (Wildman–Crippen MR) is 62.0 cm³/mol. The van der Waals surface area contributed by atoms with Crippen molar-refractivity contribution in [3.05, 3.63) is 30.0 Å². The minimum absolute atomic E-state index is 1.03. The van der Waals surface area contributed by atoms with Crippen LogP contribution in [0.5, 0.6) is 0 Å². The predicted octanol–water partition coefficient (Wildman–Crippen LogP) is 2.93. The molecule has 1 N–H and O–H groups in total. The Labute approximate surface area is 84.5 Å². The van der Waals surface area contributed by atoms with E-state index in [4.69, 9.17) is 0 Å². The molecule has 1 aromatic carbocycles. The lowest BCUT2D eigenvalue weighted by molar-refractivity contribution is 0.973. The van der Waals surface area contributed by atoms with Gasteiger partial charge in [-0.05, 0) is 26.0 Å². The van der Waals surface area contributed by atoms with Crippen molar-refractivity contribution in [2.75, 3.05) is 18.5 Å². The van der Waals surface area contributed by atoms with Crippen LogP contribution in [0.2, 0.25) is 0 Å². The maximum Gasteiger partial charge on any atom is 0.0621 e. The fourth-order valence-electron chi connectivity index (χ4n) is 1.71. The van der Waals surface area contributed by atoms with E-state index in [0.29, 0.717) is 0 Å². The number of nitrogens with zero attached hydrogens (tertiary/aromatic N) is 1. The van der Waals surface area contributed by atoms with Crippen LogP contribution in [0.4, 0.5) is 5.69 Å². The molecule has 1 aromatic heterocycles. The Kier molecular flexibility index (Phi) is 2.20. The van der Waals surface area contributed by atoms with E-state index in [1.54, 1.807) is 0 Å². The average molecular weight is 188 g/mol. The van der Waals surface area contributed by atoms with Crippen molar-refractivity contribution in [3.63, 3.8) is 0 Å². The third-order valence-corrected chi connectivity index (χ3v) is 2.70. The summed E-state index contributed by atoms with van der Waals surface area (Å²) < 4.78 is 0. The second-order valence-corrected chi connectivity index (χ2v) is 3.74. The molecule has 0 radical (unpaired) electrons. The largest absolute Gasteiger partial charge is 0.373 e. The first-order valence-corrected chi connectivity index (χ1v) is 5.01. The van der Waals surface area contributed by atoms with E-state index in [-0.39, 0.29) is 0 Å². The number of H-pyrrole nitrogens is 1. The van der Waals surface area contributed by atoms with Gasteiger partial charge >= 0.3 is 0 Å². The molecule has 2 nitrogen and oxygen atoms in total. The second kappa shape index (κ2) is 3.37. The van der Waals surface area contributed by atoms with Crippen LogP contribution in [0.3, 0.4) is 0 Å². The van der Waals surface area contributed by atoms with Gasteiger partial charge in [0.25, 0.3) is 0 Å². The SMILES string of the molecule is CCN(C)c1c[nH]c2ccc(C)cc12. The third-order valence-electron chi connectivity index (χ3n) is 2.70. The Morgan fingerprint density at radius 3 is 2.86 bits per heavy atom. The van der Waals surface area contributed by atoms with E-state index < -0.39 is 0 Å². The van der Waals surface area contributed by atoms with Crippen molar-refractivity contribution in [2.45, 2.75) is 13.8 Å². The molecule has 0 atom stereocenters. The van der Waals surface area contributed by atoms with Crippen molar-refractivity contribution in [3.8, 4) is 0 Å². The molecule has 2 aromatic rings. The summed E-state index contributed by atoms with van der Waals surface area (Å²) in [4.78, 5) is 5.54. The van der Waals surface area contributed by atoms with Gasteiger partial charge in [-0.2, -0.15) is 0 Å². The summed E-state index contributed by atoms with van der Waals surface area (Å²) in [5, 5.41) is 1.31. The molecule has 74 valence electrons. The second-order valence-electron chi connectivity index (χ2n) is 3.74. The average Bonchev–Trinajstić information content (AvgIpc) is 2.59. The lowest BCUT2D eigenvalue weighted by Gasteiger charge is -2.15. The summed E-state index contributed by atoms with van der Waals surface area (Å²) in [6.07, 6.45) is 2.08. The zero-order chi connectivity index (χ0) is 10.1. The number of benzene rings is 1. The highest BCUT2D eigenvalue weighted by Gasteiger charge is 2.06. The third kappa shape index (κ3) is 1.37. The van der Waals surface area contributed by atoms with Crippen LogP contribution in [0.15, 0.2) is 24.4 Å². The number of nitrogens with one attached hydrogen (secondary N) is 1. The van der Waals surface area contributed by atoms with Gasteiger partial charge in [0.2, 0.25) is 0 Å². The van der Waals surface area contributed by atoms with Crippen molar-refractivity contribution in [1.29, 1.82) is 0 Å². The zero-order valence-corrected chi connectivity index (χ0v) is 8.96. The molecule has 14 heavy (non-hydrogen) atoms. The maximum atomic E-state index is 3.29. The van der Waals surface area contributed by atoms with E-state index in [0.717, 1.165) is 6.54 Å². The minimum atomic E-state index is 1.03. The Bertz CT molecular complexity index is 443. The number of hydrogen-bond donors (Lipinski definition) is 1. The number of anilines is 1. The summed E-state index contributed by atoms with van der Waals surface area (Å²) in [7, 11) is 2.12. The van der Waals surface area contributed by atoms with Gasteiger partial charge in [-0.25, -0.2) is 0 Å². The molecule has 0 aliphatic carbocycles. The Morgan fingerprint density at radius 2 is 2.14 bits per heavy atom. The summed E-state index contributed by atoms with van der Waals surface area (Å²) in [5.41, 5.74) is 3.81. The molecular weight excluding hydrogens is 172 g/mol. The molecule has 0 fully saturated rings. The van der Waals surface area contributed by atoms with Gasteiger partial charge in [-0.15, -0.1) is 0 Å². The lowest BCUT2D eigenvalue weighted by Crippen LogP contribution is -2.14. The number of aromatic amines is 1. The summed E-state index contributed by atoms with van der Waals surface area (Å²) in [6.45, 7) is 5.32. The molecule has 0 aliphatic rings. The number of rotatable bonds is 2. The van der Waals surface area contributed by atoms with Gasteiger partial charge in [0, 0.05) is 30.7 Å². The first-order valence-electron chi connectivity index (χ1n) is 5.01. The number of aryl methyl sites for hydroxylation is 1. The van der Waals surface area contributed by atoms with Gasteiger partial charge in [0.05, 0.1) is 5.69 Å². The summed E-state index contributed by atoms with van der Waals surface area (Å²) in [6, 6.07) is 6.50. The van der Waals surface area contributed by atoms with Crippen LogP contribution in [0.1, 0.15) is 12.5 Å². The molecule has 0 spiro atoms. The van der Waals surface area contributed by atoms with E-state index in [9.17, 15) is 0 Å². The first kappa shape index (κ1) is 9.13. The number of hydrogen-bond acceptors (Lipinski definition) is 1. The highest BCUT2D eigenvalue weighted by molar-refractivity contribution is 5.93. The molecule has 0 saturated heterocycles. The molecule has 0 amide bonds. The fraction of sp³-hybridized carbons (Fsp3) is 0.333. The highest BCUT2D eigenvalue weighted by atomic mass is 15.1. The monoisotopic (exact) mass is 188 g/mol. The Hall–Kier alpha value is -1.44. The van der Waals surface area contributed by atoms with Gasteiger partial charge in [-0.1, -0.05) is 11.6 Å². The van der Waals surface area contributed by atoms with Crippen LogP contribution in [-0.4, -0.2) is 18.6 Å². The fourth-order valence-corrected chi connectivity index (χ4v) is 1.71. The van der Waals surface area contributed by atoms with Gasteiger partial charge in [0.1, 0.15) is 0 Å². The van der Waals surface area contributed by atoms with Crippen molar-refractivity contribution in [1.82, 2.24) is 4.98 Å². The van der Waals surface area contributed by atoms with Crippen molar-refractivity contribution >= 4 is 16.6 Å². The van der Waals surface area contributed by atoms with Crippen molar-refractivity contribution in [2.24, 2.45) is 0 Å². The normalized spacial score (nSPS) is 10.8. The van der Waals surface area contributed by atoms with Gasteiger partial charge in [0.15, 0.2) is 0 Å². The molecule has 2 heteroatoms. The minimum Gasteiger partial charge on any atom is -0.373 e. The first-order chi connectivity index (χ1) is 6.72. The maximum absolute atomic E-state index is 3.29. The molecular formula is C12H16N2. The van der Waals surface area contributed by atoms with Gasteiger partial charge in [-0.3, -0.25) is 0 Å². The van der Waals surface area contributed by atoms with Crippen molar-refractivity contribution < 1.29 is 0 Å². The number of fused-ring (bicyclic) bond motifs is 1. The number of aromatic nitrogens is 1. The Morgan fingerprint density at radius 1 is 1.36 bits per heavy atom. The van der Waals surface area contributed by atoms with E-state index in [1.165, 1.54) is 22.2 Å². The van der Waals surface area contributed by atoms with Crippen LogP contribution in [-0.2, 0) is 0 Å². The van der Waals surface area contributed by atoms with Crippen LogP contribution in [0.25, 0.3) is 10.9 Å². The molecule has 0 unspecified atom stereocenters. The lowest BCUT2D eigenvalue weighted by atomic mass is 10.1. The van der Waals surface area contributed by atoms with E-state index in [1.807, 2.05) is 0 Å². The van der Waals surface area contributed by atoms with E-state index in [2.05, 4.69) is 55.2 Å².